The Morgan fingerprint density at radius 3 is 2.95 bits per heavy atom. The number of aromatic amines is 1. The van der Waals surface area contributed by atoms with Crippen LogP contribution in [0.2, 0.25) is 5.02 Å². The monoisotopic (exact) mass is 292 g/mol. The van der Waals surface area contributed by atoms with E-state index in [1.165, 1.54) is 25.7 Å². The van der Waals surface area contributed by atoms with Crippen LogP contribution in [-0.2, 0) is 6.54 Å². The molecule has 2 aliphatic rings. The first-order valence-electron chi connectivity index (χ1n) is 7.09. The maximum atomic E-state index is 6.35. The molecule has 0 amide bonds. The Morgan fingerprint density at radius 1 is 1.32 bits per heavy atom. The highest BCUT2D eigenvalue weighted by Crippen LogP contribution is 2.49. The summed E-state index contributed by atoms with van der Waals surface area (Å²) < 4.78 is 3.03. The maximum Gasteiger partial charge on any atom is 0.178 e. The number of H-pyrrole nitrogens is 1. The van der Waals surface area contributed by atoms with Gasteiger partial charge in [0.15, 0.2) is 4.77 Å². The van der Waals surface area contributed by atoms with Gasteiger partial charge < -0.3 is 9.55 Å². The Hall–Kier alpha value is -0.800. The zero-order valence-electron chi connectivity index (χ0n) is 10.7. The number of nitrogens with one attached hydrogen (secondary N) is 1. The number of hydrogen-bond acceptors (Lipinski definition) is 1. The molecule has 2 fully saturated rings. The van der Waals surface area contributed by atoms with Gasteiger partial charge in [0.25, 0.3) is 0 Å². The van der Waals surface area contributed by atoms with Crippen LogP contribution in [0.1, 0.15) is 25.7 Å². The first kappa shape index (κ1) is 12.0. The topological polar surface area (TPSA) is 20.7 Å². The van der Waals surface area contributed by atoms with E-state index in [4.69, 9.17) is 23.8 Å². The van der Waals surface area contributed by atoms with E-state index in [1.54, 1.807) is 0 Å². The largest absolute Gasteiger partial charge is 0.331 e. The molecule has 19 heavy (non-hydrogen) atoms. The quantitative estimate of drug-likeness (QED) is 0.789. The Bertz CT molecular complexity index is 687. The Balaban J connectivity index is 1.75. The Morgan fingerprint density at radius 2 is 2.21 bits per heavy atom. The lowest BCUT2D eigenvalue weighted by molar-refractivity contribution is 0.297. The van der Waals surface area contributed by atoms with Crippen LogP contribution in [-0.4, -0.2) is 9.55 Å². The molecule has 1 heterocycles. The molecule has 4 rings (SSSR count). The number of aromatic nitrogens is 2. The fourth-order valence-corrected chi connectivity index (χ4v) is 4.74. The van der Waals surface area contributed by atoms with Gasteiger partial charge in [0.05, 0.1) is 16.1 Å². The second-order valence-electron chi connectivity index (χ2n) is 6.11. The van der Waals surface area contributed by atoms with Crippen LogP contribution in [0.15, 0.2) is 18.2 Å². The first-order valence-corrected chi connectivity index (χ1v) is 7.88. The minimum absolute atomic E-state index is 0.792. The van der Waals surface area contributed by atoms with Gasteiger partial charge >= 0.3 is 0 Å². The average Bonchev–Trinajstić information content (AvgIpc) is 3.05. The maximum absolute atomic E-state index is 6.35. The smallest absolute Gasteiger partial charge is 0.178 e. The summed E-state index contributed by atoms with van der Waals surface area (Å²) in [6, 6.07) is 5.97. The van der Waals surface area contributed by atoms with Crippen molar-refractivity contribution in [1.82, 2.24) is 9.55 Å². The standard InChI is InChI=1S/C15H17ClN2S/c16-12-2-1-3-13-14(12)18(15(19)17-13)8-11-7-9-4-5-10(11)6-9/h1-3,9-11H,4-8H2,(H,17,19). The van der Waals surface area contributed by atoms with Gasteiger partial charge in [0, 0.05) is 6.54 Å². The van der Waals surface area contributed by atoms with Crippen molar-refractivity contribution < 1.29 is 0 Å². The van der Waals surface area contributed by atoms with Crippen molar-refractivity contribution in [3.05, 3.63) is 28.0 Å². The lowest BCUT2D eigenvalue weighted by Crippen LogP contribution is -2.17. The normalized spacial score (nSPS) is 29.4. The molecule has 1 aromatic heterocycles. The van der Waals surface area contributed by atoms with Gasteiger partial charge in [0.1, 0.15) is 0 Å². The van der Waals surface area contributed by atoms with Crippen molar-refractivity contribution >= 4 is 34.9 Å². The van der Waals surface area contributed by atoms with Crippen molar-refractivity contribution in [3.8, 4) is 0 Å². The highest BCUT2D eigenvalue weighted by atomic mass is 35.5. The minimum Gasteiger partial charge on any atom is -0.331 e. The molecule has 2 saturated carbocycles. The average molecular weight is 293 g/mol. The van der Waals surface area contributed by atoms with Gasteiger partial charge in [-0.2, -0.15) is 0 Å². The molecule has 0 saturated heterocycles. The second kappa shape index (κ2) is 4.35. The van der Waals surface area contributed by atoms with Gasteiger partial charge in [-0.25, -0.2) is 0 Å². The summed E-state index contributed by atoms with van der Waals surface area (Å²) in [7, 11) is 0. The summed E-state index contributed by atoms with van der Waals surface area (Å²) >= 11 is 11.8. The van der Waals surface area contributed by atoms with Crippen LogP contribution in [0.5, 0.6) is 0 Å². The summed E-state index contributed by atoms with van der Waals surface area (Å²) in [5, 5.41) is 0.799. The molecular weight excluding hydrogens is 276 g/mol. The summed E-state index contributed by atoms with van der Waals surface area (Å²) in [5.74, 6) is 2.69. The molecule has 3 unspecified atom stereocenters. The minimum atomic E-state index is 0.792. The van der Waals surface area contributed by atoms with Gasteiger partial charge in [-0.05, 0) is 61.4 Å². The van der Waals surface area contributed by atoms with Gasteiger partial charge in [-0.15, -0.1) is 0 Å². The molecule has 2 bridgehead atoms. The lowest BCUT2D eigenvalue weighted by Gasteiger charge is -2.22. The summed E-state index contributed by atoms with van der Waals surface area (Å²) in [5.41, 5.74) is 2.14. The van der Waals surface area contributed by atoms with Crippen LogP contribution in [0.25, 0.3) is 11.0 Å². The number of rotatable bonds is 2. The molecule has 0 radical (unpaired) electrons. The van der Waals surface area contributed by atoms with Crippen molar-refractivity contribution in [1.29, 1.82) is 0 Å². The van der Waals surface area contributed by atoms with E-state index in [0.717, 1.165) is 45.1 Å². The molecule has 2 aliphatic carbocycles. The molecule has 4 heteroatoms. The zero-order valence-corrected chi connectivity index (χ0v) is 12.3. The van der Waals surface area contributed by atoms with E-state index in [2.05, 4.69) is 9.55 Å². The van der Waals surface area contributed by atoms with Gasteiger partial charge in [0.2, 0.25) is 0 Å². The van der Waals surface area contributed by atoms with E-state index >= 15 is 0 Å². The second-order valence-corrected chi connectivity index (χ2v) is 6.91. The molecule has 1 aromatic carbocycles. The first-order chi connectivity index (χ1) is 9.22. The molecule has 0 spiro atoms. The van der Waals surface area contributed by atoms with Crippen LogP contribution >= 0.6 is 23.8 Å². The Kier molecular flexibility index (Phi) is 2.75. The molecule has 2 nitrogen and oxygen atoms in total. The van der Waals surface area contributed by atoms with Crippen molar-refractivity contribution in [3.63, 3.8) is 0 Å². The highest BCUT2D eigenvalue weighted by Gasteiger charge is 2.39. The number of halogens is 1. The molecule has 2 aromatic rings. The molecule has 0 aliphatic heterocycles. The number of hydrogen-bond donors (Lipinski definition) is 1. The SMILES string of the molecule is S=c1[nH]c2cccc(Cl)c2n1CC1CC2CCC1C2. The van der Waals surface area contributed by atoms with Crippen LogP contribution < -0.4 is 0 Å². The van der Waals surface area contributed by atoms with E-state index in [0.29, 0.717) is 0 Å². The predicted octanol–water partition coefficient (Wildman–Crippen LogP) is 4.79. The highest BCUT2D eigenvalue weighted by molar-refractivity contribution is 7.71. The van der Waals surface area contributed by atoms with E-state index in [9.17, 15) is 0 Å². The van der Waals surface area contributed by atoms with Crippen molar-refractivity contribution in [2.75, 3.05) is 0 Å². The van der Waals surface area contributed by atoms with Crippen LogP contribution in [0, 0.1) is 22.5 Å². The molecule has 3 atom stereocenters. The van der Waals surface area contributed by atoms with E-state index < -0.39 is 0 Å². The number of imidazole rings is 1. The fraction of sp³-hybridized carbons (Fsp3) is 0.533. The molecule has 1 N–H and O–H groups in total. The number of nitrogens with zero attached hydrogens (tertiary/aromatic N) is 1. The summed E-state index contributed by atoms with van der Waals surface area (Å²) in [4.78, 5) is 3.28. The van der Waals surface area contributed by atoms with E-state index in [-0.39, 0.29) is 0 Å². The third-order valence-electron chi connectivity index (χ3n) is 5.05. The van der Waals surface area contributed by atoms with E-state index in [1.807, 2.05) is 18.2 Å². The number of fused-ring (bicyclic) bond motifs is 3. The third kappa shape index (κ3) is 1.86. The predicted molar refractivity (Wildman–Crippen MR) is 81.1 cm³/mol. The number of para-hydroxylation sites is 1. The zero-order chi connectivity index (χ0) is 13.0. The summed E-state index contributed by atoms with van der Waals surface area (Å²) in [6.45, 7) is 1.03. The van der Waals surface area contributed by atoms with Crippen LogP contribution in [0.4, 0.5) is 0 Å². The Labute approximate surface area is 122 Å². The number of benzene rings is 1. The van der Waals surface area contributed by atoms with Crippen molar-refractivity contribution in [2.24, 2.45) is 17.8 Å². The molecule has 100 valence electrons. The fourth-order valence-electron chi connectivity index (χ4n) is 4.18. The van der Waals surface area contributed by atoms with Gasteiger partial charge in [-0.3, -0.25) is 0 Å². The summed E-state index contributed by atoms with van der Waals surface area (Å²) in [6.07, 6.45) is 5.68. The van der Waals surface area contributed by atoms with Crippen LogP contribution in [0.3, 0.4) is 0 Å². The third-order valence-corrected chi connectivity index (χ3v) is 5.67. The van der Waals surface area contributed by atoms with Gasteiger partial charge in [-0.1, -0.05) is 24.1 Å². The van der Waals surface area contributed by atoms with Crippen molar-refractivity contribution in [2.45, 2.75) is 32.2 Å². The lowest BCUT2D eigenvalue weighted by atomic mass is 9.89. The molecular formula is C15H17ClN2S.